The van der Waals surface area contributed by atoms with Gasteiger partial charge < -0.3 is 4.90 Å². The van der Waals surface area contributed by atoms with E-state index in [0.29, 0.717) is 12.4 Å². The second-order valence-electron chi connectivity index (χ2n) is 4.03. The number of aryl methyl sites for hydroxylation is 1. The fraction of sp³-hybridized carbons (Fsp3) is 0.500. The smallest absolute Gasteiger partial charge is 0.131 e. The average molecular weight is 238 g/mol. The van der Waals surface area contributed by atoms with Crippen molar-refractivity contribution in [2.24, 2.45) is 5.92 Å². The molecule has 0 saturated carbocycles. The first-order chi connectivity index (χ1) is 7.58. The SMILES string of the molecule is Cc1cc(CCl)cnc1N(C)CC(C)C#N. The fourth-order valence-electron chi connectivity index (χ4n) is 1.64. The van der Waals surface area contributed by atoms with Gasteiger partial charge in [-0.05, 0) is 31.0 Å². The summed E-state index contributed by atoms with van der Waals surface area (Å²) in [6, 6.07) is 4.25. The summed E-state index contributed by atoms with van der Waals surface area (Å²) < 4.78 is 0. The van der Waals surface area contributed by atoms with Crippen LogP contribution in [0.2, 0.25) is 0 Å². The molecular weight excluding hydrogens is 222 g/mol. The van der Waals surface area contributed by atoms with Crippen molar-refractivity contribution in [3.8, 4) is 6.07 Å². The van der Waals surface area contributed by atoms with Gasteiger partial charge in [0, 0.05) is 25.7 Å². The number of pyridine rings is 1. The summed E-state index contributed by atoms with van der Waals surface area (Å²) >= 11 is 5.74. The molecule has 1 atom stereocenters. The van der Waals surface area contributed by atoms with E-state index >= 15 is 0 Å². The second-order valence-corrected chi connectivity index (χ2v) is 4.30. The van der Waals surface area contributed by atoms with Crippen LogP contribution >= 0.6 is 11.6 Å². The van der Waals surface area contributed by atoms with Gasteiger partial charge in [-0.2, -0.15) is 5.26 Å². The number of aromatic nitrogens is 1. The molecule has 16 heavy (non-hydrogen) atoms. The molecule has 4 heteroatoms. The third kappa shape index (κ3) is 3.11. The highest BCUT2D eigenvalue weighted by molar-refractivity contribution is 6.17. The normalized spacial score (nSPS) is 11.9. The maximum absolute atomic E-state index is 8.77. The number of hydrogen-bond donors (Lipinski definition) is 0. The van der Waals surface area contributed by atoms with Crippen LogP contribution in [0.25, 0.3) is 0 Å². The summed E-state index contributed by atoms with van der Waals surface area (Å²) in [7, 11) is 1.95. The summed E-state index contributed by atoms with van der Waals surface area (Å²) in [5.41, 5.74) is 2.11. The van der Waals surface area contributed by atoms with Gasteiger partial charge in [-0.25, -0.2) is 4.98 Å². The predicted molar refractivity (Wildman–Crippen MR) is 66.6 cm³/mol. The van der Waals surface area contributed by atoms with Gasteiger partial charge in [0.15, 0.2) is 0 Å². The molecule has 0 aliphatic rings. The van der Waals surface area contributed by atoms with E-state index in [1.54, 1.807) is 6.20 Å². The van der Waals surface area contributed by atoms with Crippen LogP contribution in [0.5, 0.6) is 0 Å². The molecule has 0 amide bonds. The molecule has 1 aromatic heterocycles. The van der Waals surface area contributed by atoms with Crippen LogP contribution < -0.4 is 4.90 Å². The van der Waals surface area contributed by atoms with Crippen LogP contribution in [0.1, 0.15) is 18.1 Å². The summed E-state index contributed by atoms with van der Waals surface area (Å²) in [4.78, 5) is 6.37. The summed E-state index contributed by atoms with van der Waals surface area (Å²) in [6.07, 6.45) is 1.78. The lowest BCUT2D eigenvalue weighted by atomic mass is 10.1. The minimum absolute atomic E-state index is 0.00102. The van der Waals surface area contributed by atoms with E-state index in [1.165, 1.54) is 0 Å². The summed E-state index contributed by atoms with van der Waals surface area (Å²) in [5.74, 6) is 1.39. The number of rotatable bonds is 4. The molecule has 0 saturated heterocycles. The van der Waals surface area contributed by atoms with Gasteiger partial charge in [-0.3, -0.25) is 0 Å². The third-order valence-electron chi connectivity index (χ3n) is 2.39. The second kappa shape index (κ2) is 5.72. The van der Waals surface area contributed by atoms with Crippen molar-refractivity contribution in [3.05, 3.63) is 23.4 Å². The van der Waals surface area contributed by atoms with Gasteiger partial charge in [0.05, 0.1) is 12.0 Å². The molecule has 0 aliphatic heterocycles. The van der Waals surface area contributed by atoms with Gasteiger partial charge in [0.1, 0.15) is 5.82 Å². The van der Waals surface area contributed by atoms with E-state index in [4.69, 9.17) is 16.9 Å². The Hall–Kier alpha value is -1.27. The minimum atomic E-state index is -0.00102. The number of halogens is 1. The Morgan fingerprint density at radius 3 is 2.81 bits per heavy atom. The van der Waals surface area contributed by atoms with Crippen LogP contribution in [0.15, 0.2) is 12.3 Å². The highest BCUT2D eigenvalue weighted by Crippen LogP contribution is 2.18. The predicted octanol–water partition coefficient (Wildman–Crippen LogP) is 2.72. The number of nitrogens with zero attached hydrogens (tertiary/aromatic N) is 3. The van der Waals surface area contributed by atoms with Crippen molar-refractivity contribution in [2.45, 2.75) is 19.7 Å². The van der Waals surface area contributed by atoms with Crippen molar-refractivity contribution < 1.29 is 0 Å². The number of nitriles is 1. The van der Waals surface area contributed by atoms with Crippen LogP contribution in [0.4, 0.5) is 5.82 Å². The molecule has 0 N–H and O–H groups in total. The number of alkyl halides is 1. The minimum Gasteiger partial charge on any atom is -0.358 e. The van der Waals surface area contributed by atoms with Crippen LogP contribution in [0.3, 0.4) is 0 Å². The first kappa shape index (κ1) is 12.8. The molecule has 0 fully saturated rings. The lowest BCUT2D eigenvalue weighted by Gasteiger charge is -2.21. The van der Waals surface area contributed by atoms with E-state index in [2.05, 4.69) is 11.1 Å². The van der Waals surface area contributed by atoms with E-state index in [9.17, 15) is 0 Å². The molecule has 1 rings (SSSR count). The van der Waals surface area contributed by atoms with Crippen molar-refractivity contribution in [1.82, 2.24) is 4.98 Å². The van der Waals surface area contributed by atoms with Crippen LogP contribution in [-0.2, 0) is 5.88 Å². The fourth-order valence-corrected chi connectivity index (χ4v) is 1.78. The lowest BCUT2D eigenvalue weighted by molar-refractivity contribution is 0.708. The largest absolute Gasteiger partial charge is 0.358 e. The topological polar surface area (TPSA) is 39.9 Å². The number of hydrogen-bond acceptors (Lipinski definition) is 3. The molecule has 1 heterocycles. The van der Waals surface area contributed by atoms with Gasteiger partial charge in [0.25, 0.3) is 0 Å². The Kier molecular flexibility index (Phi) is 4.57. The van der Waals surface area contributed by atoms with Gasteiger partial charge in [-0.1, -0.05) is 0 Å². The molecule has 1 aromatic rings. The Morgan fingerprint density at radius 2 is 2.31 bits per heavy atom. The molecule has 1 unspecified atom stereocenters. The first-order valence-electron chi connectivity index (χ1n) is 5.20. The molecule has 0 aliphatic carbocycles. The summed E-state index contributed by atoms with van der Waals surface area (Å²) in [5, 5.41) is 8.77. The zero-order valence-corrected chi connectivity index (χ0v) is 10.6. The van der Waals surface area contributed by atoms with Crippen molar-refractivity contribution >= 4 is 17.4 Å². The zero-order chi connectivity index (χ0) is 12.1. The standard InChI is InChI=1S/C12H16ClN3/c1-9(6-14)8-16(3)12-10(2)4-11(5-13)7-15-12/h4,7,9H,5,8H2,1-3H3. The molecule has 0 bridgehead atoms. The average Bonchev–Trinajstić information content (AvgIpc) is 2.28. The van der Waals surface area contributed by atoms with Crippen molar-refractivity contribution in [3.63, 3.8) is 0 Å². The Balaban J connectivity index is 2.84. The zero-order valence-electron chi connectivity index (χ0n) is 9.87. The first-order valence-corrected chi connectivity index (χ1v) is 5.74. The highest BCUT2D eigenvalue weighted by atomic mass is 35.5. The quantitative estimate of drug-likeness (QED) is 0.756. The van der Waals surface area contributed by atoms with Gasteiger partial charge in [0.2, 0.25) is 0 Å². The van der Waals surface area contributed by atoms with Crippen LogP contribution in [0, 0.1) is 24.2 Å². The molecule has 0 radical (unpaired) electrons. The maximum atomic E-state index is 8.77. The molecular formula is C12H16ClN3. The Bertz CT molecular complexity index is 398. The maximum Gasteiger partial charge on any atom is 0.131 e. The highest BCUT2D eigenvalue weighted by Gasteiger charge is 2.10. The Morgan fingerprint density at radius 1 is 1.62 bits per heavy atom. The van der Waals surface area contributed by atoms with Crippen molar-refractivity contribution in [1.29, 1.82) is 5.26 Å². The van der Waals surface area contributed by atoms with E-state index in [0.717, 1.165) is 16.9 Å². The summed E-state index contributed by atoms with van der Waals surface area (Å²) in [6.45, 7) is 4.59. The third-order valence-corrected chi connectivity index (χ3v) is 2.70. The van der Waals surface area contributed by atoms with Gasteiger partial charge >= 0.3 is 0 Å². The van der Waals surface area contributed by atoms with Crippen LogP contribution in [-0.4, -0.2) is 18.6 Å². The monoisotopic (exact) mass is 237 g/mol. The molecule has 0 aromatic carbocycles. The number of anilines is 1. The Labute approximate surface area is 102 Å². The molecule has 0 spiro atoms. The molecule has 86 valence electrons. The van der Waals surface area contributed by atoms with E-state index < -0.39 is 0 Å². The lowest BCUT2D eigenvalue weighted by Crippen LogP contribution is -2.24. The van der Waals surface area contributed by atoms with E-state index in [1.807, 2.05) is 31.9 Å². The van der Waals surface area contributed by atoms with Gasteiger partial charge in [-0.15, -0.1) is 11.6 Å². The molecule has 3 nitrogen and oxygen atoms in total. The van der Waals surface area contributed by atoms with Crippen molar-refractivity contribution in [2.75, 3.05) is 18.5 Å². The van der Waals surface area contributed by atoms with E-state index in [-0.39, 0.29) is 5.92 Å².